The van der Waals surface area contributed by atoms with Crippen molar-refractivity contribution < 1.29 is 17.9 Å². The van der Waals surface area contributed by atoms with Crippen LogP contribution in [0.15, 0.2) is 24.3 Å². The van der Waals surface area contributed by atoms with Crippen LogP contribution < -0.4 is 10.5 Å². The number of ether oxygens (including phenoxy) is 1. The van der Waals surface area contributed by atoms with Gasteiger partial charge in [-0.15, -0.1) is 13.2 Å². The lowest BCUT2D eigenvalue weighted by Gasteiger charge is -2.27. The first-order chi connectivity index (χ1) is 7.59. The molecule has 0 saturated heterocycles. The van der Waals surface area contributed by atoms with Crippen molar-refractivity contribution in [2.24, 2.45) is 11.1 Å². The van der Waals surface area contributed by atoms with Gasteiger partial charge >= 0.3 is 6.36 Å². The highest BCUT2D eigenvalue weighted by Crippen LogP contribution is 2.32. The standard InChI is InChI=1S/C12H16F3NO/c1-11(2,3)10(16)8-5-4-6-9(7-8)17-12(13,14)15/h4-7,10H,16H2,1-3H3/t10-/m0/s1. The first-order valence-electron chi connectivity index (χ1n) is 5.21. The molecule has 0 saturated carbocycles. The molecule has 2 nitrogen and oxygen atoms in total. The van der Waals surface area contributed by atoms with Crippen LogP contribution in [0.5, 0.6) is 5.75 Å². The summed E-state index contributed by atoms with van der Waals surface area (Å²) in [4.78, 5) is 0. The van der Waals surface area contributed by atoms with Crippen LogP contribution in [0.3, 0.4) is 0 Å². The summed E-state index contributed by atoms with van der Waals surface area (Å²) >= 11 is 0. The molecule has 0 aliphatic carbocycles. The molecule has 0 amide bonds. The Morgan fingerprint density at radius 1 is 1.18 bits per heavy atom. The Balaban J connectivity index is 2.94. The van der Waals surface area contributed by atoms with Crippen LogP contribution >= 0.6 is 0 Å². The normalized spacial score (nSPS) is 14.5. The Hall–Kier alpha value is -1.23. The van der Waals surface area contributed by atoms with E-state index >= 15 is 0 Å². The van der Waals surface area contributed by atoms with Crippen LogP contribution in [0.1, 0.15) is 32.4 Å². The third-order valence-corrected chi connectivity index (χ3v) is 2.38. The number of benzene rings is 1. The van der Waals surface area contributed by atoms with Gasteiger partial charge in [0.1, 0.15) is 5.75 Å². The molecule has 5 heteroatoms. The van der Waals surface area contributed by atoms with E-state index in [1.54, 1.807) is 6.07 Å². The molecule has 1 rings (SSSR count). The minimum absolute atomic E-state index is 0.225. The summed E-state index contributed by atoms with van der Waals surface area (Å²) in [5, 5.41) is 0. The average Bonchev–Trinajstić information content (AvgIpc) is 2.12. The quantitative estimate of drug-likeness (QED) is 0.866. The topological polar surface area (TPSA) is 35.2 Å². The monoisotopic (exact) mass is 247 g/mol. The van der Waals surface area contributed by atoms with Gasteiger partial charge in [-0.05, 0) is 23.1 Å². The van der Waals surface area contributed by atoms with Gasteiger partial charge in [-0.1, -0.05) is 32.9 Å². The van der Waals surface area contributed by atoms with E-state index in [2.05, 4.69) is 4.74 Å². The molecule has 1 aromatic carbocycles. The molecule has 1 atom stereocenters. The van der Waals surface area contributed by atoms with Crippen molar-refractivity contribution in [1.29, 1.82) is 0 Å². The van der Waals surface area contributed by atoms with Crippen LogP contribution in [0.4, 0.5) is 13.2 Å². The van der Waals surface area contributed by atoms with Crippen LogP contribution in [-0.2, 0) is 0 Å². The van der Waals surface area contributed by atoms with Crippen LogP contribution in [0, 0.1) is 5.41 Å². The second-order valence-electron chi connectivity index (χ2n) is 4.96. The van der Waals surface area contributed by atoms with Gasteiger partial charge in [0.2, 0.25) is 0 Å². The number of hydrogen-bond donors (Lipinski definition) is 1. The van der Waals surface area contributed by atoms with E-state index in [4.69, 9.17) is 5.73 Å². The maximum Gasteiger partial charge on any atom is 0.573 e. The van der Waals surface area contributed by atoms with Gasteiger partial charge in [-0.25, -0.2) is 0 Å². The number of hydrogen-bond acceptors (Lipinski definition) is 2. The van der Waals surface area contributed by atoms with Crippen molar-refractivity contribution in [2.75, 3.05) is 0 Å². The van der Waals surface area contributed by atoms with Gasteiger partial charge in [0.15, 0.2) is 0 Å². The molecule has 0 radical (unpaired) electrons. The SMILES string of the molecule is CC(C)(C)[C@@H](N)c1cccc(OC(F)(F)F)c1. The van der Waals surface area contributed by atoms with Gasteiger partial charge in [0.05, 0.1) is 0 Å². The molecule has 0 spiro atoms. The molecule has 0 fully saturated rings. The van der Waals surface area contributed by atoms with Crippen LogP contribution in [0.25, 0.3) is 0 Å². The minimum atomic E-state index is -4.68. The number of halogens is 3. The lowest BCUT2D eigenvalue weighted by molar-refractivity contribution is -0.274. The fourth-order valence-electron chi connectivity index (χ4n) is 1.41. The number of rotatable bonds is 2. The Bertz CT molecular complexity index is 382. The number of nitrogens with two attached hydrogens (primary N) is 1. The van der Waals surface area contributed by atoms with Gasteiger partial charge < -0.3 is 10.5 Å². The summed E-state index contributed by atoms with van der Waals surface area (Å²) < 4.78 is 40.0. The highest BCUT2D eigenvalue weighted by Gasteiger charge is 2.31. The first kappa shape index (κ1) is 13.8. The van der Waals surface area contributed by atoms with E-state index in [1.165, 1.54) is 18.2 Å². The van der Waals surface area contributed by atoms with Crippen LogP contribution in [-0.4, -0.2) is 6.36 Å². The maximum atomic E-state index is 12.1. The minimum Gasteiger partial charge on any atom is -0.406 e. The van der Waals surface area contributed by atoms with E-state index < -0.39 is 6.36 Å². The second-order valence-corrected chi connectivity index (χ2v) is 4.96. The summed E-state index contributed by atoms with van der Waals surface area (Å²) in [6, 6.07) is 5.43. The van der Waals surface area contributed by atoms with E-state index in [9.17, 15) is 13.2 Å². The summed E-state index contributed by atoms with van der Waals surface area (Å²) in [6.45, 7) is 5.78. The third-order valence-electron chi connectivity index (χ3n) is 2.38. The molecule has 0 bridgehead atoms. The summed E-state index contributed by atoms with van der Waals surface area (Å²) in [5.74, 6) is -0.241. The maximum absolute atomic E-state index is 12.1. The highest BCUT2D eigenvalue weighted by atomic mass is 19.4. The van der Waals surface area contributed by atoms with Crippen molar-refractivity contribution in [1.82, 2.24) is 0 Å². The first-order valence-corrected chi connectivity index (χ1v) is 5.21. The van der Waals surface area contributed by atoms with Crippen molar-refractivity contribution in [3.05, 3.63) is 29.8 Å². The van der Waals surface area contributed by atoms with E-state index in [0.29, 0.717) is 5.56 Å². The predicted molar refractivity (Wildman–Crippen MR) is 59.5 cm³/mol. The Morgan fingerprint density at radius 2 is 1.76 bits per heavy atom. The van der Waals surface area contributed by atoms with Gasteiger partial charge in [0, 0.05) is 6.04 Å². The average molecular weight is 247 g/mol. The summed E-state index contributed by atoms with van der Waals surface area (Å²) in [7, 11) is 0. The van der Waals surface area contributed by atoms with Crippen molar-refractivity contribution >= 4 is 0 Å². The third kappa shape index (κ3) is 4.26. The fourth-order valence-corrected chi connectivity index (χ4v) is 1.41. The zero-order valence-corrected chi connectivity index (χ0v) is 10.0. The zero-order valence-electron chi connectivity index (χ0n) is 10.0. The zero-order chi connectivity index (χ0) is 13.3. The second kappa shape index (κ2) is 4.56. The Kier molecular flexibility index (Phi) is 3.71. The van der Waals surface area contributed by atoms with Crippen molar-refractivity contribution in [3.8, 4) is 5.75 Å². The molecule has 17 heavy (non-hydrogen) atoms. The van der Waals surface area contributed by atoms with Gasteiger partial charge in [-0.3, -0.25) is 0 Å². The predicted octanol–water partition coefficient (Wildman–Crippen LogP) is 3.63. The largest absolute Gasteiger partial charge is 0.573 e. The number of alkyl halides is 3. The summed E-state index contributed by atoms with van der Waals surface area (Å²) in [5.41, 5.74) is 6.37. The van der Waals surface area contributed by atoms with Crippen LogP contribution in [0.2, 0.25) is 0 Å². The molecule has 0 heterocycles. The fraction of sp³-hybridized carbons (Fsp3) is 0.500. The molecule has 1 aromatic rings. The summed E-state index contributed by atoms with van der Waals surface area (Å²) in [6.07, 6.45) is -4.68. The van der Waals surface area contributed by atoms with Gasteiger partial charge in [0.25, 0.3) is 0 Å². The lowest BCUT2D eigenvalue weighted by atomic mass is 9.83. The molecule has 96 valence electrons. The molecule has 0 aromatic heterocycles. The van der Waals surface area contributed by atoms with E-state index in [-0.39, 0.29) is 17.2 Å². The smallest absolute Gasteiger partial charge is 0.406 e. The van der Waals surface area contributed by atoms with Crippen molar-refractivity contribution in [3.63, 3.8) is 0 Å². The molecule has 2 N–H and O–H groups in total. The van der Waals surface area contributed by atoms with Gasteiger partial charge in [-0.2, -0.15) is 0 Å². The Morgan fingerprint density at radius 3 is 2.24 bits per heavy atom. The molecular weight excluding hydrogens is 231 g/mol. The molecule has 0 unspecified atom stereocenters. The van der Waals surface area contributed by atoms with Crippen molar-refractivity contribution in [2.45, 2.75) is 33.2 Å². The van der Waals surface area contributed by atoms with E-state index in [1.807, 2.05) is 20.8 Å². The molecular formula is C12H16F3NO. The highest BCUT2D eigenvalue weighted by molar-refractivity contribution is 5.31. The lowest BCUT2D eigenvalue weighted by Crippen LogP contribution is -2.26. The molecule has 0 aliphatic rings. The molecule has 0 aliphatic heterocycles. The Labute approximate surface area is 98.6 Å². The van der Waals surface area contributed by atoms with E-state index in [0.717, 1.165) is 0 Å².